The van der Waals surface area contributed by atoms with Crippen LogP contribution in [0.3, 0.4) is 0 Å². The molecular weight excluding hydrogens is 282 g/mol. The standard InChI is InChI=1S/C13H8F2N4S/c14-9-5-1-3-7-11(9)16-18-13(20)19-17-12-8-4-2-6-10(12)15/h1-8H. The van der Waals surface area contributed by atoms with Crippen molar-refractivity contribution in [1.82, 2.24) is 0 Å². The topological polar surface area (TPSA) is 49.4 Å². The first kappa shape index (κ1) is 14.0. The third-order valence-electron chi connectivity index (χ3n) is 2.19. The van der Waals surface area contributed by atoms with Gasteiger partial charge in [0.15, 0.2) is 11.6 Å². The molecular formula is C13H8F2N4S. The van der Waals surface area contributed by atoms with Gasteiger partial charge in [0.1, 0.15) is 11.4 Å². The molecule has 100 valence electrons. The van der Waals surface area contributed by atoms with E-state index in [0.717, 1.165) is 0 Å². The van der Waals surface area contributed by atoms with Gasteiger partial charge in [-0.15, -0.1) is 20.5 Å². The first-order valence-corrected chi connectivity index (χ1v) is 5.94. The molecule has 0 aromatic heterocycles. The number of hydrogen-bond donors (Lipinski definition) is 0. The Morgan fingerprint density at radius 1 is 0.750 bits per heavy atom. The number of halogens is 2. The Balaban J connectivity index is 2.07. The van der Waals surface area contributed by atoms with E-state index in [0.29, 0.717) is 0 Å². The normalized spacial score (nSPS) is 11.3. The maximum Gasteiger partial charge on any atom is 0.259 e. The van der Waals surface area contributed by atoms with E-state index in [-0.39, 0.29) is 16.5 Å². The fourth-order valence-electron chi connectivity index (χ4n) is 1.28. The highest BCUT2D eigenvalue weighted by molar-refractivity contribution is 7.80. The van der Waals surface area contributed by atoms with Gasteiger partial charge >= 0.3 is 0 Å². The van der Waals surface area contributed by atoms with Crippen LogP contribution in [-0.2, 0) is 0 Å². The summed E-state index contributed by atoms with van der Waals surface area (Å²) in [6, 6.07) is 11.7. The molecule has 2 aromatic carbocycles. The molecule has 0 aliphatic carbocycles. The predicted molar refractivity (Wildman–Crippen MR) is 74.4 cm³/mol. The summed E-state index contributed by atoms with van der Waals surface area (Å²) < 4.78 is 26.5. The van der Waals surface area contributed by atoms with Crippen LogP contribution in [0.5, 0.6) is 0 Å². The van der Waals surface area contributed by atoms with E-state index in [1.165, 1.54) is 36.4 Å². The van der Waals surface area contributed by atoms with E-state index in [9.17, 15) is 8.78 Å². The van der Waals surface area contributed by atoms with Gasteiger partial charge in [-0.05, 0) is 36.5 Å². The molecule has 0 N–H and O–H groups in total. The van der Waals surface area contributed by atoms with Crippen molar-refractivity contribution in [3.05, 3.63) is 60.2 Å². The summed E-state index contributed by atoms with van der Waals surface area (Å²) in [7, 11) is 0. The quantitative estimate of drug-likeness (QED) is 0.559. The van der Waals surface area contributed by atoms with E-state index in [1.54, 1.807) is 12.1 Å². The van der Waals surface area contributed by atoms with E-state index in [4.69, 9.17) is 12.2 Å². The van der Waals surface area contributed by atoms with Gasteiger partial charge in [-0.1, -0.05) is 24.3 Å². The Morgan fingerprint density at radius 3 is 1.55 bits per heavy atom. The minimum absolute atomic E-state index is 0.0379. The molecule has 0 atom stereocenters. The highest BCUT2D eigenvalue weighted by atomic mass is 32.1. The van der Waals surface area contributed by atoms with Crippen LogP contribution in [0.2, 0.25) is 0 Å². The maximum absolute atomic E-state index is 13.2. The lowest BCUT2D eigenvalue weighted by Gasteiger charge is -1.94. The fourth-order valence-corrected chi connectivity index (χ4v) is 1.36. The first-order chi connectivity index (χ1) is 9.66. The largest absolute Gasteiger partial charge is 0.259 e. The van der Waals surface area contributed by atoms with Crippen molar-refractivity contribution in [2.45, 2.75) is 0 Å². The summed E-state index contributed by atoms with van der Waals surface area (Å²) in [6.07, 6.45) is 0. The Labute approximate surface area is 118 Å². The Morgan fingerprint density at radius 2 is 1.15 bits per heavy atom. The van der Waals surface area contributed by atoms with E-state index in [1.807, 2.05) is 0 Å². The number of benzene rings is 2. The molecule has 0 unspecified atom stereocenters. The molecule has 0 heterocycles. The summed E-state index contributed by atoms with van der Waals surface area (Å²) in [5, 5.41) is 14.0. The van der Waals surface area contributed by atoms with Gasteiger partial charge < -0.3 is 0 Å². The monoisotopic (exact) mass is 290 g/mol. The summed E-state index contributed by atoms with van der Waals surface area (Å²) in [5.41, 5.74) is 0.0758. The molecule has 0 radical (unpaired) electrons. The van der Waals surface area contributed by atoms with Gasteiger partial charge in [0.25, 0.3) is 5.11 Å². The molecule has 7 heteroatoms. The van der Waals surface area contributed by atoms with E-state index >= 15 is 0 Å². The average Bonchev–Trinajstić information content (AvgIpc) is 2.45. The molecule has 0 amide bonds. The highest BCUT2D eigenvalue weighted by Crippen LogP contribution is 2.18. The molecule has 2 rings (SSSR count). The Hall–Kier alpha value is -2.41. The van der Waals surface area contributed by atoms with Crippen molar-refractivity contribution in [2.24, 2.45) is 20.5 Å². The fraction of sp³-hybridized carbons (Fsp3) is 0. The SMILES string of the molecule is Fc1ccccc1N=NC(=S)N=Nc1ccccc1F. The third-order valence-corrected chi connectivity index (χ3v) is 2.35. The second-order valence-electron chi connectivity index (χ2n) is 3.59. The minimum atomic E-state index is -0.523. The van der Waals surface area contributed by atoms with Gasteiger partial charge in [-0.2, -0.15) is 0 Å². The smallest absolute Gasteiger partial charge is 0.205 e. The molecule has 0 aliphatic rings. The molecule has 0 saturated carbocycles. The minimum Gasteiger partial charge on any atom is -0.205 e. The predicted octanol–water partition coefficient (Wildman–Crippen LogP) is 5.12. The number of thiocarbonyl (C=S) groups is 1. The molecule has 0 aliphatic heterocycles. The molecule has 0 spiro atoms. The van der Waals surface area contributed by atoms with Gasteiger partial charge in [0.2, 0.25) is 0 Å². The van der Waals surface area contributed by atoms with Crippen molar-refractivity contribution in [3.63, 3.8) is 0 Å². The van der Waals surface area contributed by atoms with Crippen LogP contribution in [0.15, 0.2) is 69.0 Å². The number of nitrogens with zero attached hydrogens (tertiary/aromatic N) is 4. The van der Waals surface area contributed by atoms with Crippen LogP contribution in [-0.4, -0.2) is 5.11 Å². The molecule has 0 saturated heterocycles. The van der Waals surface area contributed by atoms with Gasteiger partial charge in [-0.3, -0.25) is 0 Å². The van der Waals surface area contributed by atoms with Crippen molar-refractivity contribution in [3.8, 4) is 0 Å². The van der Waals surface area contributed by atoms with Crippen molar-refractivity contribution in [2.75, 3.05) is 0 Å². The first-order valence-electron chi connectivity index (χ1n) is 5.53. The lowest BCUT2D eigenvalue weighted by Crippen LogP contribution is -1.81. The molecule has 2 aromatic rings. The van der Waals surface area contributed by atoms with Crippen molar-refractivity contribution >= 4 is 28.7 Å². The van der Waals surface area contributed by atoms with Crippen LogP contribution in [0.1, 0.15) is 0 Å². The second kappa shape index (κ2) is 6.67. The zero-order valence-corrected chi connectivity index (χ0v) is 10.9. The van der Waals surface area contributed by atoms with Crippen LogP contribution in [0.25, 0.3) is 0 Å². The number of hydrogen-bond acceptors (Lipinski definition) is 3. The second-order valence-corrected chi connectivity index (χ2v) is 3.95. The Kier molecular flexibility index (Phi) is 4.67. The number of azo groups is 2. The summed E-state index contributed by atoms with van der Waals surface area (Å²) >= 11 is 4.77. The summed E-state index contributed by atoms with van der Waals surface area (Å²) in [4.78, 5) is 0. The average molecular weight is 290 g/mol. The zero-order chi connectivity index (χ0) is 14.4. The van der Waals surface area contributed by atoms with E-state index < -0.39 is 11.6 Å². The van der Waals surface area contributed by atoms with Crippen LogP contribution >= 0.6 is 12.2 Å². The maximum atomic E-state index is 13.2. The van der Waals surface area contributed by atoms with Crippen LogP contribution < -0.4 is 0 Å². The molecule has 0 fully saturated rings. The lowest BCUT2D eigenvalue weighted by molar-refractivity contribution is 0.628. The van der Waals surface area contributed by atoms with Gasteiger partial charge in [0, 0.05) is 0 Å². The Bertz CT molecular complexity index is 628. The molecule has 4 nitrogen and oxygen atoms in total. The van der Waals surface area contributed by atoms with Crippen molar-refractivity contribution < 1.29 is 8.78 Å². The molecule has 20 heavy (non-hydrogen) atoms. The third kappa shape index (κ3) is 3.79. The zero-order valence-electron chi connectivity index (χ0n) is 10.1. The summed E-state index contributed by atoms with van der Waals surface area (Å²) in [5.74, 6) is -1.05. The van der Waals surface area contributed by atoms with Gasteiger partial charge in [0.05, 0.1) is 0 Å². The van der Waals surface area contributed by atoms with Crippen LogP contribution in [0.4, 0.5) is 20.2 Å². The number of rotatable bonds is 2. The molecule has 0 bridgehead atoms. The van der Waals surface area contributed by atoms with Gasteiger partial charge in [-0.25, -0.2) is 8.78 Å². The highest BCUT2D eigenvalue weighted by Gasteiger charge is 2.00. The summed E-state index contributed by atoms with van der Waals surface area (Å²) in [6.45, 7) is 0. The van der Waals surface area contributed by atoms with Crippen molar-refractivity contribution in [1.29, 1.82) is 0 Å². The van der Waals surface area contributed by atoms with Crippen LogP contribution in [0, 0.1) is 11.6 Å². The lowest BCUT2D eigenvalue weighted by atomic mass is 10.3. The van der Waals surface area contributed by atoms with E-state index in [2.05, 4.69) is 20.5 Å².